The van der Waals surface area contributed by atoms with Crippen LogP contribution in [0.25, 0.3) is 11.3 Å². The van der Waals surface area contributed by atoms with Crippen molar-refractivity contribution in [1.82, 2.24) is 4.98 Å². The Kier molecular flexibility index (Phi) is 4.68. The minimum atomic E-state index is -4.69. The van der Waals surface area contributed by atoms with Crippen LogP contribution in [0.15, 0.2) is 64.4 Å². The monoisotopic (exact) mass is 402 g/mol. The largest absolute Gasteiger partial charge is 0.444 e. The molecular formula is C16H10ClF3N2O3S. The Bertz CT molecular complexity index is 1040. The van der Waals surface area contributed by atoms with Gasteiger partial charge in [0.15, 0.2) is 12.2 Å². The normalized spacial score (nSPS) is 12.2. The topological polar surface area (TPSA) is 72.2 Å². The molecule has 5 nitrogen and oxygen atoms in total. The van der Waals surface area contributed by atoms with Gasteiger partial charge in [-0.3, -0.25) is 4.72 Å². The summed E-state index contributed by atoms with van der Waals surface area (Å²) in [6.45, 7) is 0. The summed E-state index contributed by atoms with van der Waals surface area (Å²) < 4.78 is 70.9. The number of nitrogens with one attached hydrogen (secondary N) is 1. The molecule has 10 heteroatoms. The number of hydrogen-bond donors (Lipinski definition) is 1. The second kappa shape index (κ2) is 6.65. The fraction of sp³-hybridized carbons (Fsp3) is 0.0625. The van der Waals surface area contributed by atoms with Crippen LogP contribution in [0.4, 0.5) is 18.9 Å². The number of anilines is 1. The number of hydrogen-bond acceptors (Lipinski definition) is 4. The van der Waals surface area contributed by atoms with Crippen LogP contribution in [0, 0.1) is 0 Å². The Hall–Kier alpha value is -2.52. The van der Waals surface area contributed by atoms with Crippen molar-refractivity contribution in [2.75, 3.05) is 4.72 Å². The molecule has 0 radical (unpaired) electrons. The van der Waals surface area contributed by atoms with Crippen LogP contribution >= 0.6 is 11.6 Å². The summed E-state index contributed by atoms with van der Waals surface area (Å²) in [4.78, 5) is 3.10. The van der Waals surface area contributed by atoms with Gasteiger partial charge in [-0.2, -0.15) is 13.2 Å². The quantitative estimate of drug-likeness (QED) is 0.679. The van der Waals surface area contributed by atoms with Gasteiger partial charge < -0.3 is 4.42 Å². The first-order valence-electron chi connectivity index (χ1n) is 7.05. The number of oxazole rings is 1. The van der Waals surface area contributed by atoms with Gasteiger partial charge in [0, 0.05) is 11.3 Å². The van der Waals surface area contributed by atoms with E-state index in [4.69, 9.17) is 16.0 Å². The highest BCUT2D eigenvalue weighted by atomic mass is 35.5. The molecule has 3 aromatic rings. The van der Waals surface area contributed by atoms with Crippen LogP contribution in [-0.4, -0.2) is 13.4 Å². The fourth-order valence-corrected chi connectivity index (χ4v) is 3.77. The maximum Gasteiger partial charge on any atom is 0.416 e. The average Bonchev–Trinajstić information content (AvgIpc) is 3.08. The summed E-state index contributed by atoms with van der Waals surface area (Å²) >= 11 is 5.80. The van der Waals surface area contributed by atoms with E-state index >= 15 is 0 Å². The van der Waals surface area contributed by atoms with Crippen molar-refractivity contribution >= 4 is 27.3 Å². The summed E-state index contributed by atoms with van der Waals surface area (Å²) in [6, 6.07) is 8.22. The lowest BCUT2D eigenvalue weighted by molar-refractivity contribution is -0.137. The van der Waals surface area contributed by atoms with Crippen LogP contribution in [0.5, 0.6) is 0 Å². The molecule has 0 bridgehead atoms. The highest BCUT2D eigenvalue weighted by Gasteiger charge is 2.32. The Balaban J connectivity index is 1.96. The van der Waals surface area contributed by atoms with E-state index in [2.05, 4.69) is 9.71 Å². The van der Waals surface area contributed by atoms with Crippen molar-refractivity contribution in [2.45, 2.75) is 11.1 Å². The van der Waals surface area contributed by atoms with Crippen LogP contribution < -0.4 is 4.72 Å². The molecular weight excluding hydrogens is 393 g/mol. The smallest absolute Gasteiger partial charge is 0.416 e. The van der Waals surface area contributed by atoms with Gasteiger partial charge in [0.05, 0.1) is 16.8 Å². The van der Waals surface area contributed by atoms with Crippen molar-refractivity contribution in [1.29, 1.82) is 0 Å². The lowest BCUT2D eigenvalue weighted by atomic mass is 10.2. The van der Waals surface area contributed by atoms with Gasteiger partial charge in [-0.25, -0.2) is 13.4 Å². The van der Waals surface area contributed by atoms with Gasteiger partial charge in [-0.05, 0) is 30.3 Å². The van der Waals surface area contributed by atoms with E-state index in [1.165, 1.54) is 24.7 Å². The molecule has 3 rings (SSSR count). The van der Waals surface area contributed by atoms with Gasteiger partial charge in [0.1, 0.15) is 4.90 Å². The summed E-state index contributed by atoms with van der Waals surface area (Å²) in [7, 11) is -4.34. The minimum Gasteiger partial charge on any atom is -0.444 e. The third-order valence-corrected chi connectivity index (χ3v) is 5.24. The van der Waals surface area contributed by atoms with E-state index in [1.54, 1.807) is 12.1 Å². The molecule has 0 fully saturated rings. The summed E-state index contributed by atoms with van der Waals surface area (Å²) in [5, 5.41) is -0.322. The van der Waals surface area contributed by atoms with E-state index in [0.29, 0.717) is 23.5 Å². The first-order chi connectivity index (χ1) is 12.2. The van der Waals surface area contributed by atoms with Crippen molar-refractivity contribution in [3.05, 3.63) is 65.6 Å². The van der Waals surface area contributed by atoms with E-state index in [1.807, 2.05) is 0 Å². The standard InChI is InChI=1S/C16H10ClF3N2O3S/c17-13-5-4-11(16(18,19)20)7-15(13)26(23,24)22-12-3-1-2-10(6-12)14-8-21-9-25-14/h1-9,22H. The Morgan fingerprint density at radius 1 is 1.12 bits per heavy atom. The molecule has 0 spiro atoms. The van der Waals surface area contributed by atoms with E-state index < -0.39 is 26.7 Å². The van der Waals surface area contributed by atoms with E-state index in [9.17, 15) is 21.6 Å². The zero-order valence-electron chi connectivity index (χ0n) is 12.8. The maximum absolute atomic E-state index is 12.9. The number of sulfonamides is 1. The molecule has 0 atom stereocenters. The van der Waals surface area contributed by atoms with Crippen molar-refractivity contribution in [3.8, 4) is 11.3 Å². The Morgan fingerprint density at radius 2 is 1.88 bits per heavy atom. The van der Waals surface area contributed by atoms with Crippen LogP contribution in [0.1, 0.15) is 5.56 Å². The molecule has 0 saturated carbocycles. The second-order valence-electron chi connectivity index (χ2n) is 5.19. The molecule has 1 heterocycles. The van der Waals surface area contributed by atoms with Crippen molar-refractivity contribution < 1.29 is 26.0 Å². The molecule has 1 N–H and O–H groups in total. The van der Waals surface area contributed by atoms with Gasteiger partial charge in [0.2, 0.25) is 0 Å². The molecule has 0 unspecified atom stereocenters. The zero-order chi connectivity index (χ0) is 18.9. The van der Waals surface area contributed by atoms with Gasteiger partial charge in [-0.15, -0.1) is 0 Å². The molecule has 0 amide bonds. The Morgan fingerprint density at radius 3 is 2.54 bits per heavy atom. The number of aromatic nitrogens is 1. The lowest BCUT2D eigenvalue weighted by Gasteiger charge is -2.13. The molecule has 0 saturated heterocycles. The Labute approximate surface area is 151 Å². The molecule has 0 aliphatic carbocycles. The lowest BCUT2D eigenvalue weighted by Crippen LogP contribution is -2.15. The summed E-state index contributed by atoms with van der Waals surface area (Å²) in [5.74, 6) is 0.406. The number of rotatable bonds is 4. The zero-order valence-corrected chi connectivity index (χ0v) is 14.4. The fourth-order valence-electron chi connectivity index (χ4n) is 2.19. The molecule has 0 aliphatic rings. The number of alkyl halides is 3. The first-order valence-corrected chi connectivity index (χ1v) is 8.91. The van der Waals surface area contributed by atoms with Crippen LogP contribution in [-0.2, 0) is 16.2 Å². The van der Waals surface area contributed by atoms with Gasteiger partial charge >= 0.3 is 6.18 Å². The number of benzene rings is 2. The number of nitrogens with zero attached hydrogens (tertiary/aromatic N) is 1. The van der Waals surface area contributed by atoms with Crippen molar-refractivity contribution in [2.24, 2.45) is 0 Å². The summed E-state index contributed by atoms with van der Waals surface area (Å²) in [6.07, 6.45) is -2.03. The molecule has 136 valence electrons. The van der Waals surface area contributed by atoms with Crippen LogP contribution in [0.3, 0.4) is 0 Å². The van der Waals surface area contributed by atoms with Crippen molar-refractivity contribution in [3.63, 3.8) is 0 Å². The SMILES string of the molecule is O=S(=O)(Nc1cccc(-c2cnco2)c1)c1cc(C(F)(F)F)ccc1Cl. The average molecular weight is 403 g/mol. The molecule has 0 aliphatic heterocycles. The minimum absolute atomic E-state index is 0.132. The second-order valence-corrected chi connectivity index (χ2v) is 7.25. The van der Waals surface area contributed by atoms with Gasteiger partial charge in [-0.1, -0.05) is 23.7 Å². The first kappa shape index (κ1) is 18.3. The molecule has 26 heavy (non-hydrogen) atoms. The predicted octanol–water partition coefficient (Wildman–Crippen LogP) is 4.81. The van der Waals surface area contributed by atoms with Crippen LogP contribution in [0.2, 0.25) is 5.02 Å². The molecule has 2 aromatic carbocycles. The third-order valence-electron chi connectivity index (χ3n) is 3.38. The predicted molar refractivity (Wildman–Crippen MR) is 89.2 cm³/mol. The van der Waals surface area contributed by atoms with E-state index in [-0.39, 0.29) is 10.7 Å². The highest BCUT2D eigenvalue weighted by Crippen LogP contribution is 2.34. The summed E-state index contributed by atoms with van der Waals surface area (Å²) in [5.41, 5.74) is -0.442. The van der Waals surface area contributed by atoms with E-state index in [0.717, 1.165) is 6.07 Å². The number of halogens is 4. The van der Waals surface area contributed by atoms with Gasteiger partial charge in [0.25, 0.3) is 10.0 Å². The third kappa shape index (κ3) is 3.83. The molecule has 1 aromatic heterocycles. The highest BCUT2D eigenvalue weighted by molar-refractivity contribution is 7.92. The maximum atomic E-state index is 12.9.